The molecule has 1 aliphatic rings. The van der Waals surface area contributed by atoms with E-state index in [0.29, 0.717) is 0 Å². The van der Waals surface area contributed by atoms with E-state index in [4.69, 9.17) is 10.5 Å². The van der Waals surface area contributed by atoms with Gasteiger partial charge in [-0.25, -0.2) is 0 Å². The monoisotopic (exact) mass is 227 g/mol. The van der Waals surface area contributed by atoms with E-state index in [9.17, 15) is 0 Å². The van der Waals surface area contributed by atoms with Gasteiger partial charge < -0.3 is 10.5 Å². The first-order valence-corrected chi connectivity index (χ1v) is 7.13. The lowest BCUT2D eigenvalue weighted by molar-refractivity contribution is 0.174. The van der Waals surface area contributed by atoms with Crippen LogP contribution in [-0.2, 0) is 4.74 Å². The molecule has 0 aromatic heterocycles. The van der Waals surface area contributed by atoms with Crippen LogP contribution >= 0.6 is 0 Å². The highest BCUT2D eigenvalue weighted by atomic mass is 16.5. The molecule has 16 heavy (non-hydrogen) atoms. The van der Waals surface area contributed by atoms with Gasteiger partial charge in [0.2, 0.25) is 0 Å². The molecule has 0 aromatic rings. The Hall–Kier alpha value is -0.0800. The number of hydrogen-bond donors (Lipinski definition) is 1. The fraction of sp³-hybridized carbons (Fsp3) is 1.00. The van der Waals surface area contributed by atoms with Gasteiger partial charge in [-0.05, 0) is 12.8 Å². The molecule has 2 N–H and O–H groups in total. The van der Waals surface area contributed by atoms with Gasteiger partial charge in [0.15, 0.2) is 0 Å². The van der Waals surface area contributed by atoms with Gasteiger partial charge in [-0.15, -0.1) is 0 Å². The van der Waals surface area contributed by atoms with Crippen LogP contribution in [0.2, 0.25) is 0 Å². The summed E-state index contributed by atoms with van der Waals surface area (Å²) in [6.45, 7) is 3.92. The molecule has 1 atom stereocenters. The van der Waals surface area contributed by atoms with E-state index in [1.54, 1.807) is 0 Å². The molecule has 1 unspecified atom stereocenters. The Morgan fingerprint density at radius 1 is 1.00 bits per heavy atom. The molecule has 0 aromatic carbocycles. The Kier molecular flexibility index (Phi) is 7.06. The number of rotatable bonds is 9. The van der Waals surface area contributed by atoms with Crippen LogP contribution in [0.4, 0.5) is 0 Å². The fourth-order valence-corrected chi connectivity index (χ4v) is 2.43. The van der Waals surface area contributed by atoms with Crippen LogP contribution in [0, 0.1) is 0 Å². The lowest BCUT2D eigenvalue weighted by Gasteiger charge is -2.21. The molecule has 1 rings (SSSR count). The predicted molar refractivity (Wildman–Crippen MR) is 69.6 cm³/mol. The zero-order valence-electron chi connectivity index (χ0n) is 11.0. The normalized spacial score (nSPS) is 25.1. The molecule has 1 fully saturated rings. The number of hydrogen-bond acceptors (Lipinski definition) is 2. The Morgan fingerprint density at radius 3 is 2.19 bits per heavy atom. The first-order valence-electron chi connectivity index (χ1n) is 7.13. The maximum absolute atomic E-state index is 6.21. The van der Waals surface area contributed by atoms with Gasteiger partial charge in [0.1, 0.15) is 0 Å². The zero-order valence-corrected chi connectivity index (χ0v) is 11.0. The molecule has 1 heterocycles. The van der Waals surface area contributed by atoms with Crippen LogP contribution in [0.5, 0.6) is 0 Å². The van der Waals surface area contributed by atoms with Crippen LogP contribution < -0.4 is 5.73 Å². The first-order chi connectivity index (χ1) is 7.77. The SMILES string of the molecule is CCCCCCCCCCC1(N)CCOC1. The van der Waals surface area contributed by atoms with Crippen LogP contribution in [-0.4, -0.2) is 18.8 Å². The third-order valence-corrected chi connectivity index (χ3v) is 3.66. The molecule has 2 nitrogen and oxygen atoms in total. The highest BCUT2D eigenvalue weighted by Gasteiger charge is 2.29. The number of ether oxygens (including phenoxy) is 1. The molecule has 0 saturated carbocycles. The maximum atomic E-state index is 6.21. The van der Waals surface area contributed by atoms with Crippen molar-refractivity contribution in [3.8, 4) is 0 Å². The minimum Gasteiger partial charge on any atom is -0.379 e. The Labute approximate surface area is 101 Å². The van der Waals surface area contributed by atoms with Gasteiger partial charge in [-0.3, -0.25) is 0 Å². The molecule has 1 aliphatic heterocycles. The van der Waals surface area contributed by atoms with Gasteiger partial charge in [0, 0.05) is 12.1 Å². The van der Waals surface area contributed by atoms with Crippen molar-refractivity contribution in [2.24, 2.45) is 5.73 Å². The average Bonchev–Trinajstić information content (AvgIpc) is 2.70. The lowest BCUT2D eigenvalue weighted by Crippen LogP contribution is -2.40. The second-order valence-electron chi connectivity index (χ2n) is 5.39. The quantitative estimate of drug-likeness (QED) is 0.610. The smallest absolute Gasteiger partial charge is 0.0647 e. The molecular formula is C14H29NO. The summed E-state index contributed by atoms with van der Waals surface area (Å²) in [5, 5.41) is 0. The van der Waals surface area contributed by atoms with E-state index < -0.39 is 0 Å². The van der Waals surface area contributed by atoms with Gasteiger partial charge in [0.25, 0.3) is 0 Å². The van der Waals surface area contributed by atoms with E-state index in [0.717, 1.165) is 26.1 Å². The predicted octanol–water partition coefficient (Wildman–Crippen LogP) is 3.64. The number of nitrogens with two attached hydrogens (primary N) is 1. The molecule has 0 bridgehead atoms. The summed E-state index contributed by atoms with van der Waals surface area (Å²) in [7, 11) is 0. The summed E-state index contributed by atoms with van der Waals surface area (Å²) in [5.74, 6) is 0. The van der Waals surface area contributed by atoms with E-state index in [-0.39, 0.29) is 5.54 Å². The molecule has 1 saturated heterocycles. The molecule has 96 valence electrons. The Morgan fingerprint density at radius 2 is 1.62 bits per heavy atom. The first kappa shape index (κ1) is 14.0. The second-order valence-corrected chi connectivity index (χ2v) is 5.39. The van der Waals surface area contributed by atoms with Crippen LogP contribution in [0.3, 0.4) is 0 Å². The average molecular weight is 227 g/mol. The standard InChI is InChI=1S/C14H29NO/c1-2-3-4-5-6-7-8-9-10-14(15)11-12-16-13-14/h2-13,15H2,1H3. The Bertz CT molecular complexity index is 164. The highest BCUT2D eigenvalue weighted by molar-refractivity contribution is 4.87. The summed E-state index contributed by atoms with van der Waals surface area (Å²) in [6.07, 6.45) is 13.2. The van der Waals surface area contributed by atoms with Crippen molar-refractivity contribution >= 4 is 0 Å². The zero-order chi connectivity index (χ0) is 11.7. The third-order valence-electron chi connectivity index (χ3n) is 3.66. The molecule has 0 spiro atoms. The van der Waals surface area contributed by atoms with Crippen molar-refractivity contribution in [2.75, 3.05) is 13.2 Å². The third kappa shape index (κ3) is 5.86. The van der Waals surface area contributed by atoms with Crippen LogP contribution in [0.1, 0.15) is 71.1 Å². The van der Waals surface area contributed by atoms with Crippen molar-refractivity contribution in [3.05, 3.63) is 0 Å². The number of unbranched alkanes of at least 4 members (excludes halogenated alkanes) is 7. The van der Waals surface area contributed by atoms with E-state index >= 15 is 0 Å². The van der Waals surface area contributed by atoms with Gasteiger partial charge in [0.05, 0.1) is 6.61 Å². The van der Waals surface area contributed by atoms with Gasteiger partial charge in [-0.1, -0.05) is 58.3 Å². The van der Waals surface area contributed by atoms with Crippen molar-refractivity contribution in [1.29, 1.82) is 0 Å². The van der Waals surface area contributed by atoms with Crippen LogP contribution in [0.25, 0.3) is 0 Å². The minimum absolute atomic E-state index is 0.0161. The minimum atomic E-state index is 0.0161. The largest absolute Gasteiger partial charge is 0.379 e. The Balaban J connectivity index is 1.84. The van der Waals surface area contributed by atoms with E-state index in [1.807, 2.05) is 0 Å². The van der Waals surface area contributed by atoms with Gasteiger partial charge in [-0.2, -0.15) is 0 Å². The van der Waals surface area contributed by atoms with Crippen molar-refractivity contribution in [3.63, 3.8) is 0 Å². The van der Waals surface area contributed by atoms with E-state index in [2.05, 4.69) is 6.92 Å². The summed E-state index contributed by atoms with van der Waals surface area (Å²) in [4.78, 5) is 0. The fourth-order valence-electron chi connectivity index (χ4n) is 2.43. The van der Waals surface area contributed by atoms with E-state index in [1.165, 1.54) is 51.4 Å². The maximum Gasteiger partial charge on any atom is 0.0647 e. The molecule has 0 aliphatic carbocycles. The topological polar surface area (TPSA) is 35.2 Å². The lowest BCUT2D eigenvalue weighted by atomic mass is 9.92. The van der Waals surface area contributed by atoms with Crippen LogP contribution in [0.15, 0.2) is 0 Å². The second kappa shape index (κ2) is 8.08. The molecular weight excluding hydrogens is 198 g/mol. The van der Waals surface area contributed by atoms with Crippen molar-refractivity contribution in [2.45, 2.75) is 76.7 Å². The van der Waals surface area contributed by atoms with Gasteiger partial charge >= 0.3 is 0 Å². The molecule has 0 radical (unpaired) electrons. The highest BCUT2D eigenvalue weighted by Crippen LogP contribution is 2.22. The van der Waals surface area contributed by atoms with Crippen molar-refractivity contribution in [1.82, 2.24) is 0 Å². The van der Waals surface area contributed by atoms with Crippen molar-refractivity contribution < 1.29 is 4.74 Å². The summed E-state index contributed by atoms with van der Waals surface area (Å²) >= 11 is 0. The molecule has 2 heteroatoms. The summed E-state index contributed by atoms with van der Waals surface area (Å²) in [5.41, 5.74) is 6.23. The molecule has 0 amide bonds. The summed E-state index contributed by atoms with van der Waals surface area (Å²) < 4.78 is 5.36. The summed E-state index contributed by atoms with van der Waals surface area (Å²) in [6, 6.07) is 0.